The van der Waals surface area contributed by atoms with E-state index in [0.717, 1.165) is 18.7 Å². The van der Waals surface area contributed by atoms with Crippen molar-refractivity contribution in [2.75, 3.05) is 13.7 Å². The molecule has 2 fully saturated rings. The fraction of sp³-hybridized carbons (Fsp3) is 0.647. The second-order valence-electron chi connectivity index (χ2n) is 6.30. The van der Waals surface area contributed by atoms with Crippen LogP contribution in [0.1, 0.15) is 38.2 Å². The Morgan fingerprint density at radius 1 is 1.29 bits per heavy atom. The summed E-state index contributed by atoms with van der Waals surface area (Å²) >= 11 is 0. The van der Waals surface area contributed by atoms with Crippen molar-refractivity contribution >= 4 is 0 Å². The second-order valence-corrected chi connectivity index (χ2v) is 6.30. The monoisotopic (exact) mass is 292 g/mol. The first-order valence-electron chi connectivity index (χ1n) is 8.02. The molecule has 2 atom stereocenters. The van der Waals surface area contributed by atoms with Crippen LogP contribution in [-0.4, -0.2) is 36.7 Å². The number of rotatable bonds is 5. The van der Waals surface area contributed by atoms with Crippen LogP contribution in [0.4, 0.5) is 4.39 Å². The molecule has 1 aromatic carbocycles. The molecule has 2 aliphatic rings. The van der Waals surface area contributed by atoms with Gasteiger partial charge in [0.2, 0.25) is 0 Å². The smallest absolute Gasteiger partial charge is 0.165 e. The Balaban J connectivity index is 1.68. The fourth-order valence-corrected chi connectivity index (χ4v) is 3.87. The minimum Gasteiger partial charge on any atom is -0.494 e. The van der Waals surface area contributed by atoms with Crippen molar-refractivity contribution in [3.63, 3.8) is 0 Å². The molecule has 4 heteroatoms. The molecule has 2 heterocycles. The van der Waals surface area contributed by atoms with Crippen LogP contribution in [0.25, 0.3) is 0 Å². The molecule has 21 heavy (non-hydrogen) atoms. The van der Waals surface area contributed by atoms with Gasteiger partial charge in [0.25, 0.3) is 0 Å². The first kappa shape index (κ1) is 14.8. The molecule has 3 nitrogen and oxygen atoms in total. The van der Waals surface area contributed by atoms with Gasteiger partial charge in [0.05, 0.1) is 7.11 Å². The first-order chi connectivity index (χ1) is 10.2. The predicted molar refractivity (Wildman–Crippen MR) is 82.0 cm³/mol. The Morgan fingerprint density at radius 2 is 2.00 bits per heavy atom. The van der Waals surface area contributed by atoms with Gasteiger partial charge < -0.3 is 10.1 Å². The number of piperidine rings is 1. The number of halogens is 1. The van der Waals surface area contributed by atoms with Gasteiger partial charge in [-0.25, -0.2) is 4.39 Å². The van der Waals surface area contributed by atoms with Crippen LogP contribution in [0.2, 0.25) is 0 Å². The lowest BCUT2D eigenvalue weighted by Crippen LogP contribution is -2.47. The normalized spacial score (nSPS) is 28.1. The minimum atomic E-state index is -0.267. The van der Waals surface area contributed by atoms with Crippen LogP contribution < -0.4 is 10.1 Å². The van der Waals surface area contributed by atoms with E-state index in [0.29, 0.717) is 23.9 Å². The Labute approximate surface area is 126 Å². The molecule has 0 aromatic heterocycles. The van der Waals surface area contributed by atoms with Gasteiger partial charge in [-0.3, -0.25) is 4.90 Å². The maximum atomic E-state index is 13.8. The lowest BCUT2D eigenvalue weighted by atomic mass is 9.97. The Hall–Kier alpha value is -1.13. The molecule has 0 radical (unpaired) electrons. The number of ether oxygens (including phenoxy) is 1. The van der Waals surface area contributed by atoms with Crippen molar-refractivity contribution in [2.45, 2.75) is 57.3 Å². The van der Waals surface area contributed by atoms with E-state index in [1.165, 1.54) is 32.8 Å². The summed E-state index contributed by atoms with van der Waals surface area (Å²) in [5.74, 6) is 0.0538. The number of hydrogen-bond acceptors (Lipinski definition) is 3. The maximum absolute atomic E-state index is 13.8. The molecule has 0 aliphatic carbocycles. The third kappa shape index (κ3) is 3.22. The highest BCUT2D eigenvalue weighted by atomic mass is 19.1. The SMILES string of the molecule is CCN(Cc1ccc(OC)c(F)c1)C1CC2CCC(C1)N2. The number of fused-ring (bicyclic) bond motifs is 2. The average molecular weight is 292 g/mol. The van der Waals surface area contributed by atoms with Crippen LogP contribution in [0.15, 0.2) is 18.2 Å². The summed E-state index contributed by atoms with van der Waals surface area (Å²) in [7, 11) is 1.50. The topological polar surface area (TPSA) is 24.5 Å². The molecule has 0 amide bonds. The van der Waals surface area contributed by atoms with E-state index >= 15 is 0 Å². The summed E-state index contributed by atoms with van der Waals surface area (Å²) in [6.07, 6.45) is 5.08. The molecule has 2 aliphatic heterocycles. The minimum absolute atomic E-state index is 0.267. The van der Waals surface area contributed by atoms with Crippen LogP contribution >= 0.6 is 0 Å². The van der Waals surface area contributed by atoms with Gasteiger partial charge in [0.15, 0.2) is 11.6 Å². The highest BCUT2D eigenvalue weighted by Crippen LogP contribution is 2.30. The summed E-state index contributed by atoms with van der Waals surface area (Å²) in [5.41, 5.74) is 1.03. The molecule has 1 aromatic rings. The summed E-state index contributed by atoms with van der Waals surface area (Å²) in [5, 5.41) is 3.68. The third-order valence-corrected chi connectivity index (χ3v) is 4.97. The van der Waals surface area contributed by atoms with Crippen molar-refractivity contribution in [3.8, 4) is 5.75 Å². The fourth-order valence-electron chi connectivity index (χ4n) is 3.87. The van der Waals surface area contributed by atoms with E-state index in [2.05, 4.69) is 17.1 Å². The molecule has 2 bridgehead atoms. The zero-order chi connectivity index (χ0) is 14.8. The van der Waals surface area contributed by atoms with Gasteiger partial charge in [-0.1, -0.05) is 13.0 Å². The van der Waals surface area contributed by atoms with E-state index in [4.69, 9.17) is 4.74 Å². The van der Waals surface area contributed by atoms with E-state index < -0.39 is 0 Å². The van der Waals surface area contributed by atoms with Crippen molar-refractivity contribution in [1.29, 1.82) is 0 Å². The summed E-state index contributed by atoms with van der Waals surface area (Å²) < 4.78 is 18.8. The Morgan fingerprint density at radius 3 is 2.57 bits per heavy atom. The largest absolute Gasteiger partial charge is 0.494 e. The zero-order valence-electron chi connectivity index (χ0n) is 12.9. The van der Waals surface area contributed by atoms with Gasteiger partial charge in [0.1, 0.15) is 0 Å². The standard InChI is InChI=1S/C17H25FN2O/c1-3-20(15-9-13-5-6-14(10-15)19-13)11-12-4-7-17(21-2)16(18)8-12/h4,7-8,13-15,19H,3,5-6,9-11H2,1-2H3. The number of benzene rings is 1. The molecule has 116 valence electrons. The van der Waals surface area contributed by atoms with Crippen LogP contribution in [0.5, 0.6) is 5.75 Å². The summed E-state index contributed by atoms with van der Waals surface area (Å²) in [6.45, 7) is 4.03. The van der Waals surface area contributed by atoms with Gasteiger partial charge in [-0.2, -0.15) is 0 Å². The Bertz CT molecular complexity index is 482. The summed E-state index contributed by atoms with van der Waals surface area (Å²) in [6, 6.07) is 7.31. The average Bonchev–Trinajstić information content (AvgIpc) is 2.83. The lowest BCUT2D eigenvalue weighted by Gasteiger charge is -2.37. The van der Waals surface area contributed by atoms with E-state index in [1.54, 1.807) is 12.1 Å². The molecule has 0 saturated carbocycles. The maximum Gasteiger partial charge on any atom is 0.165 e. The van der Waals surface area contributed by atoms with E-state index in [-0.39, 0.29) is 5.82 Å². The number of nitrogens with one attached hydrogen (secondary N) is 1. The lowest BCUT2D eigenvalue weighted by molar-refractivity contribution is 0.140. The molecule has 2 unspecified atom stereocenters. The number of hydrogen-bond donors (Lipinski definition) is 1. The zero-order valence-corrected chi connectivity index (χ0v) is 12.9. The van der Waals surface area contributed by atoms with Crippen LogP contribution in [0.3, 0.4) is 0 Å². The molecule has 3 rings (SSSR count). The third-order valence-electron chi connectivity index (χ3n) is 4.97. The number of methoxy groups -OCH3 is 1. The molecule has 2 saturated heterocycles. The first-order valence-corrected chi connectivity index (χ1v) is 8.02. The van der Waals surface area contributed by atoms with Crippen LogP contribution in [0, 0.1) is 5.82 Å². The molecule has 1 N–H and O–H groups in total. The van der Waals surface area contributed by atoms with Gasteiger partial charge in [0, 0.05) is 24.7 Å². The van der Waals surface area contributed by atoms with E-state index in [1.807, 2.05) is 6.07 Å². The van der Waals surface area contributed by atoms with Crippen LogP contribution in [-0.2, 0) is 6.54 Å². The van der Waals surface area contributed by atoms with Gasteiger partial charge in [-0.15, -0.1) is 0 Å². The molecule has 0 spiro atoms. The summed E-state index contributed by atoms with van der Waals surface area (Å²) in [4.78, 5) is 2.49. The van der Waals surface area contributed by atoms with Crippen molar-refractivity contribution in [3.05, 3.63) is 29.6 Å². The highest BCUT2D eigenvalue weighted by molar-refractivity contribution is 5.29. The highest BCUT2D eigenvalue weighted by Gasteiger charge is 2.35. The molecular formula is C17H25FN2O. The number of nitrogens with zero attached hydrogens (tertiary/aromatic N) is 1. The second kappa shape index (κ2) is 6.32. The van der Waals surface area contributed by atoms with Crippen molar-refractivity contribution < 1.29 is 9.13 Å². The van der Waals surface area contributed by atoms with Gasteiger partial charge >= 0.3 is 0 Å². The van der Waals surface area contributed by atoms with Crippen molar-refractivity contribution in [2.24, 2.45) is 0 Å². The van der Waals surface area contributed by atoms with E-state index in [9.17, 15) is 4.39 Å². The molecular weight excluding hydrogens is 267 g/mol. The predicted octanol–water partition coefficient (Wildman–Crippen LogP) is 2.94. The Kier molecular flexibility index (Phi) is 4.45. The quantitative estimate of drug-likeness (QED) is 0.903. The van der Waals surface area contributed by atoms with Crippen molar-refractivity contribution in [1.82, 2.24) is 10.2 Å². The van der Waals surface area contributed by atoms with Gasteiger partial charge in [-0.05, 0) is 49.9 Å².